The standard InChI is InChI=1S/C30H20Br2O.C10H12.C6H8N.CH3.O.W/c31-24-15-11-22(12-16-24)28-26(20-7-3-1-4-8-20)19-27(21-9-5-2-6-10-21)29(30(28)33)23-13-17-25(32)18-14-23;1-10(2,3)9-7-5-4-6-8-9;1-5-3-4-6(2)7-5;;;/h1-19,33H;1,4-8H,2-3H3;3-4H,1-2H3;1H3;;/q;;2*-1;;. The van der Waals surface area contributed by atoms with E-state index in [-0.39, 0.29) is 18.6 Å². The van der Waals surface area contributed by atoms with Crippen molar-refractivity contribution < 1.29 is 26.6 Å². The summed E-state index contributed by atoms with van der Waals surface area (Å²) in [6.07, 6.45) is 0. The Morgan fingerprint density at radius 3 is 1.28 bits per heavy atom. The predicted octanol–water partition coefficient (Wildman–Crippen LogP) is 13.5. The minimum absolute atomic E-state index is 0. The van der Waals surface area contributed by atoms with Crippen LogP contribution in [0.3, 0.4) is 0 Å². The third-order valence-corrected chi connectivity index (χ3v) is 12.0. The molecular formula is C47H43Br2NO2W-2. The molecule has 0 aliphatic heterocycles. The van der Waals surface area contributed by atoms with Crippen LogP contribution in [0, 0.1) is 21.3 Å². The van der Waals surface area contributed by atoms with E-state index in [2.05, 4.69) is 93.2 Å². The molecule has 0 unspecified atom stereocenters. The number of hydrogen-bond acceptors (Lipinski definition) is 2. The fourth-order valence-corrected chi connectivity index (χ4v) is 7.71. The smallest absolute Gasteiger partial charge is 0.132 e. The third kappa shape index (κ3) is 11.1. The summed E-state index contributed by atoms with van der Waals surface area (Å²) in [5.74, 6) is 0.278. The van der Waals surface area contributed by atoms with Gasteiger partial charge in [-0.25, -0.2) is 0 Å². The number of aryl methyl sites for hydroxylation is 2. The third-order valence-electron chi connectivity index (χ3n) is 8.52. The van der Waals surface area contributed by atoms with E-state index in [0.29, 0.717) is 0 Å². The summed E-state index contributed by atoms with van der Waals surface area (Å²) >= 11 is 5.64. The van der Waals surface area contributed by atoms with Gasteiger partial charge in [0.15, 0.2) is 0 Å². The van der Waals surface area contributed by atoms with E-state index in [4.69, 9.17) is 0 Å². The number of phenolic OH excluding ortho intramolecular Hbond substituents is 1. The van der Waals surface area contributed by atoms with E-state index < -0.39 is 18.1 Å². The van der Waals surface area contributed by atoms with E-state index in [1.807, 2.05) is 134 Å². The Morgan fingerprint density at radius 1 is 0.566 bits per heavy atom. The average Bonchev–Trinajstić information content (AvgIpc) is 3.55. The normalized spacial score (nSPS) is 10.5. The molecule has 7 aromatic rings. The van der Waals surface area contributed by atoms with Gasteiger partial charge in [-0.2, -0.15) is 11.4 Å². The first kappa shape index (κ1) is 41.5. The van der Waals surface area contributed by atoms with Gasteiger partial charge in [-0.1, -0.05) is 143 Å². The Balaban J connectivity index is 0.000000257. The van der Waals surface area contributed by atoms with Crippen LogP contribution in [0.5, 0.6) is 5.75 Å². The second-order valence-electron chi connectivity index (χ2n) is 12.8. The number of benzene rings is 6. The molecule has 1 aromatic heterocycles. The number of rotatable bonds is 6. The molecule has 53 heavy (non-hydrogen) atoms. The zero-order valence-electron chi connectivity index (χ0n) is 30.6. The molecule has 6 aromatic carbocycles. The molecule has 1 heterocycles. The van der Waals surface area contributed by atoms with Crippen LogP contribution in [0.2, 0.25) is 0 Å². The van der Waals surface area contributed by atoms with Gasteiger partial charge in [-0.3, -0.25) is 0 Å². The zero-order valence-corrected chi connectivity index (χ0v) is 36.7. The molecule has 0 aliphatic rings. The van der Waals surface area contributed by atoms with Gasteiger partial charge in [0.25, 0.3) is 0 Å². The van der Waals surface area contributed by atoms with E-state index in [1.54, 1.807) is 0 Å². The van der Waals surface area contributed by atoms with E-state index in [1.165, 1.54) is 5.56 Å². The molecule has 7 rings (SSSR count). The number of halogens is 2. The summed E-state index contributed by atoms with van der Waals surface area (Å²) in [6.45, 7) is 8.18. The molecule has 0 atom stereocenters. The maximum Gasteiger partial charge on any atom is 0.132 e. The average molecular weight is 998 g/mol. The quantitative estimate of drug-likeness (QED) is 0.169. The molecule has 0 fully saturated rings. The van der Waals surface area contributed by atoms with Gasteiger partial charge in [-0.15, -0.1) is 0 Å². The van der Waals surface area contributed by atoms with Gasteiger partial charge in [0.1, 0.15) is 5.75 Å². The molecule has 0 radical (unpaired) electrons. The van der Waals surface area contributed by atoms with Crippen LogP contribution < -0.4 is 4.98 Å². The molecule has 0 spiro atoms. The van der Waals surface area contributed by atoms with Crippen LogP contribution in [0.4, 0.5) is 0 Å². The monoisotopic (exact) mass is 995 g/mol. The molecule has 6 heteroatoms. The molecule has 0 aliphatic carbocycles. The SMILES string of the molecule is CC(C)([CH]=[W]=[O])c1ccccc1.Cc1ccc(C)[n-]1.Oc1c(-c2ccc(Br)cc2)c(-c2ccccc2)cc(-c2ccccc2)c1-c1ccc(Br)cc1.[CH3-]. The maximum atomic E-state index is 11.9. The van der Waals surface area contributed by atoms with Gasteiger partial charge >= 0.3 is 81.0 Å². The Bertz CT molecular complexity index is 2120. The molecule has 0 saturated heterocycles. The van der Waals surface area contributed by atoms with E-state index in [0.717, 1.165) is 64.8 Å². The summed E-state index contributed by atoms with van der Waals surface area (Å²) < 4.78 is 14.6. The van der Waals surface area contributed by atoms with Gasteiger partial charge in [0, 0.05) is 20.1 Å². The van der Waals surface area contributed by atoms with Crippen molar-refractivity contribution in [3.8, 4) is 50.3 Å². The molecule has 0 saturated carbocycles. The summed E-state index contributed by atoms with van der Waals surface area (Å²) in [5.41, 5.74) is 11.1. The van der Waals surface area contributed by atoms with Crippen molar-refractivity contribution in [3.05, 3.63) is 191 Å². The van der Waals surface area contributed by atoms with Crippen molar-refractivity contribution in [2.75, 3.05) is 0 Å². The second kappa shape index (κ2) is 19.7. The number of nitrogens with zero attached hydrogens (tertiary/aromatic N) is 1. The Hall–Kier alpha value is -4.28. The van der Waals surface area contributed by atoms with Crippen LogP contribution in [0.1, 0.15) is 30.8 Å². The first-order chi connectivity index (χ1) is 25.1. The molecule has 0 amide bonds. The predicted molar refractivity (Wildman–Crippen MR) is 227 cm³/mol. The van der Waals surface area contributed by atoms with Crippen molar-refractivity contribution in [2.45, 2.75) is 33.1 Å². The zero-order chi connectivity index (χ0) is 37.1. The minimum atomic E-state index is -1.43. The Morgan fingerprint density at radius 2 is 0.943 bits per heavy atom. The van der Waals surface area contributed by atoms with Gasteiger partial charge in [-0.05, 0) is 63.7 Å². The number of phenols is 1. The molecule has 1 N–H and O–H groups in total. The topological polar surface area (TPSA) is 51.4 Å². The van der Waals surface area contributed by atoms with Gasteiger partial charge in [0.2, 0.25) is 0 Å². The Labute approximate surface area is 339 Å². The van der Waals surface area contributed by atoms with Crippen LogP contribution >= 0.6 is 31.9 Å². The maximum absolute atomic E-state index is 11.9. The van der Waals surface area contributed by atoms with Crippen LogP contribution in [0.25, 0.3) is 44.5 Å². The summed E-state index contributed by atoms with van der Waals surface area (Å²) in [4.78, 5) is 4.11. The van der Waals surface area contributed by atoms with E-state index >= 15 is 0 Å². The number of hydrogen-bond donors (Lipinski definition) is 1. The van der Waals surface area contributed by atoms with Crippen molar-refractivity contribution in [2.24, 2.45) is 0 Å². The first-order valence-corrected chi connectivity index (χ1v) is 21.3. The number of aromatic nitrogens is 1. The molecule has 0 bridgehead atoms. The van der Waals surface area contributed by atoms with Gasteiger partial charge in [0.05, 0.1) is 0 Å². The Kier molecular flexibility index (Phi) is 15.4. The van der Waals surface area contributed by atoms with Crippen molar-refractivity contribution in [3.63, 3.8) is 0 Å². The van der Waals surface area contributed by atoms with Crippen molar-refractivity contribution >= 4 is 36.3 Å². The molecule has 3 nitrogen and oxygen atoms in total. The fraction of sp³-hybridized carbons (Fsp3) is 0.106. The summed E-state index contributed by atoms with van der Waals surface area (Å²) in [5, 5.41) is 11.9. The van der Waals surface area contributed by atoms with Crippen molar-refractivity contribution in [1.82, 2.24) is 4.98 Å². The van der Waals surface area contributed by atoms with Crippen LogP contribution in [0.15, 0.2) is 167 Å². The minimum Gasteiger partial charge on any atom is -0.665 e. The largest absolute Gasteiger partial charge is 0.665 e. The fourth-order valence-electron chi connectivity index (χ4n) is 5.83. The van der Waals surface area contributed by atoms with Crippen LogP contribution in [-0.4, -0.2) is 9.51 Å². The first-order valence-electron chi connectivity index (χ1n) is 16.9. The number of aromatic hydroxyl groups is 1. The summed E-state index contributed by atoms with van der Waals surface area (Å²) in [7, 11) is 0. The molecular weight excluding hydrogens is 954 g/mol. The van der Waals surface area contributed by atoms with E-state index in [9.17, 15) is 8.50 Å². The van der Waals surface area contributed by atoms with Gasteiger partial charge < -0.3 is 17.5 Å². The second-order valence-corrected chi connectivity index (χ2v) is 16.2. The summed E-state index contributed by atoms with van der Waals surface area (Å²) in [6, 6.07) is 53.1. The molecule has 270 valence electrons. The van der Waals surface area contributed by atoms with Crippen LogP contribution in [-0.2, 0) is 26.9 Å². The van der Waals surface area contributed by atoms with Crippen molar-refractivity contribution in [1.29, 1.82) is 0 Å².